The van der Waals surface area contributed by atoms with Crippen LogP contribution in [0.4, 0.5) is 0 Å². The summed E-state index contributed by atoms with van der Waals surface area (Å²) in [6, 6.07) is 0. The Hall–Kier alpha value is -0.670. The average Bonchev–Trinajstić information content (AvgIpc) is 1.99. The Morgan fingerprint density at radius 1 is 1.36 bits per heavy atom. The summed E-state index contributed by atoms with van der Waals surface area (Å²) >= 11 is 0. The molecule has 0 amide bonds. The molecule has 0 rings (SSSR count). The average molecular weight is 156 g/mol. The van der Waals surface area contributed by atoms with Crippen LogP contribution < -0.4 is 0 Å². The molecule has 1 atom stereocenters. The number of rotatable bonds is 7. The second-order valence-corrected chi connectivity index (χ2v) is 2.15. The van der Waals surface area contributed by atoms with Crippen molar-refractivity contribution in [2.45, 2.75) is 25.9 Å². The molecular weight excluding hydrogens is 146 g/mol. The van der Waals surface area contributed by atoms with Gasteiger partial charge in [0.15, 0.2) is 0 Å². The Bertz CT molecular complexity index is 119. The predicted octanol–water partition coefficient (Wildman–Crippen LogP) is 0.118. The third-order valence-corrected chi connectivity index (χ3v) is 1.23. The van der Waals surface area contributed by atoms with Gasteiger partial charge in [0.05, 0.1) is 0 Å². The van der Waals surface area contributed by atoms with Crippen molar-refractivity contribution in [1.82, 2.24) is 0 Å². The summed E-state index contributed by atoms with van der Waals surface area (Å²) in [6.07, 6.45) is 1.34. The third kappa shape index (κ3) is 7.22. The molecule has 6 heteroatoms. The van der Waals surface area contributed by atoms with Gasteiger partial charge in [0.25, 0.3) is 0 Å². The van der Waals surface area contributed by atoms with Crippen LogP contribution in [0, 0.1) is 0 Å². The number of hydrogen-bond acceptors (Lipinski definition) is 4. The second kappa shape index (κ2) is 7.44. The Kier molecular flexibility index (Phi) is 6.98. The minimum absolute atomic E-state index is 0.0947. The normalized spacial score (nSPS) is 11.0. The molecule has 0 fully saturated rings. The molecule has 0 saturated carbocycles. The summed E-state index contributed by atoms with van der Waals surface area (Å²) in [4.78, 5) is 0. The Morgan fingerprint density at radius 3 is 2.64 bits per heavy atom. The maximum atomic E-state index is 9.79. The van der Waals surface area contributed by atoms with E-state index in [9.17, 15) is 9.41 Å². The van der Waals surface area contributed by atoms with Gasteiger partial charge in [0.2, 0.25) is 0 Å². The SMILES string of the molecule is CC(CCCOB=O)OB=O. The van der Waals surface area contributed by atoms with E-state index in [0.717, 1.165) is 0 Å². The van der Waals surface area contributed by atoms with Crippen LogP contribution in [0.15, 0.2) is 0 Å². The molecule has 0 saturated heterocycles. The van der Waals surface area contributed by atoms with Gasteiger partial charge in [0.1, 0.15) is 0 Å². The molecule has 1 unspecified atom stereocenters. The first-order valence-corrected chi connectivity index (χ1v) is 3.45. The predicted molar refractivity (Wildman–Crippen MR) is 38.6 cm³/mol. The van der Waals surface area contributed by atoms with Gasteiger partial charge >= 0.3 is 65.9 Å². The van der Waals surface area contributed by atoms with Gasteiger partial charge in [-0.1, -0.05) is 0 Å². The molecule has 0 aromatic carbocycles. The van der Waals surface area contributed by atoms with E-state index < -0.39 is 0 Å². The summed E-state index contributed by atoms with van der Waals surface area (Å²) in [5, 5.41) is 0. The van der Waals surface area contributed by atoms with E-state index in [0.29, 0.717) is 34.2 Å². The molecule has 0 heterocycles. The van der Waals surface area contributed by atoms with Gasteiger partial charge < -0.3 is 0 Å². The fraction of sp³-hybridized carbons (Fsp3) is 1.00. The van der Waals surface area contributed by atoms with Crippen molar-refractivity contribution in [2.24, 2.45) is 0 Å². The molecule has 0 aliphatic heterocycles. The molecule has 11 heavy (non-hydrogen) atoms. The maximum absolute atomic E-state index is 9.79. The summed E-state index contributed by atoms with van der Waals surface area (Å²) in [5.74, 6) is 0. The summed E-state index contributed by atoms with van der Waals surface area (Å²) in [6.45, 7) is 2.17. The zero-order valence-electron chi connectivity index (χ0n) is 6.49. The van der Waals surface area contributed by atoms with Crippen LogP contribution >= 0.6 is 0 Å². The quantitative estimate of drug-likeness (QED) is 0.387. The molecule has 0 bridgehead atoms. The van der Waals surface area contributed by atoms with Gasteiger partial charge in [0, 0.05) is 0 Å². The van der Waals surface area contributed by atoms with Crippen LogP contribution in [0.3, 0.4) is 0 Å². The van der Waals surface area contributed by atoms with E-state index in [1.54, 1.807) is 6.92 Å². The van der Waals surface area contributed by atoms with Gasteiger partial charge in [-0.2, -0.15) is 0 Å². The van der Waals surface area contributed by atoms with Crippen LogP contribution in [0.25, 0.3) is 0 Å². The van der Waals surface area contributed by atoms with Crippen molar-refractivity contribution in [1.29, 1.82) is 0 Å². The monoisotopic (exact) mass is 156 g/mol. The fourth-order valence-electron chi connectivity index (χ4n) is 0.665. The van der Waals surface area contributed by atoms with Gasteiger partial charge in [-0.15, -0.1) is 0 Å². The zero-order chi connectivity index (χ0) is 8.53. The molecule has 0 radical (unpaired) electrons. The molecular formula is C5H10B2O4. The topological polar surface area (TPSA) is 52.6 Å². The molecule has 0 N–H and O–H groups in total. The van der Waals surface area contributed by atoms with Crippen molar-refractivity contribution >= 4 is 14.7 Å². The van der Waals surface area contributed by atoms with Crippen LogP contribution in [0.5, 0.6) is 0 Å². The number of hydrogen-bond donors (Lipinski definition) is 0. The van der Waals surface area contributed by atoms with Gasteiger partial charge in [-0.3, -0.25) is 0 Å². The molecule has 60 valence electrons. The zero-order valence-corrected chi connectivity index (χ0v) is 6.49. The Morgan fingerprint density at radius 2 is 2.09 bits per heavy atom. The molecule has 0 aliphatic rings. The summed E-state index contributed by atoms with van der Waals surface area (Å²) in [7, 11) is 0.830. The molecule has 0 aliphatic carbocycles. The van der Waals surface area contributed by atoms with Crippen molar-refractivity contribution in [3.8, 4) is 0 Å². The van der Waals surface area contributed by atoms with Gasteiger partial charge in [-0.25, -0.2) is 0 Å². The first-order valence-electron chi connectivity index (χ1n) is 3.45. The van der Waals surface area contributed by atoms with Crippen molar-refractivity contribution in [3.05, 3.63) is 0 Å². The summed E-state index contributed by atoms with van der Waals surface area (Å²) in [5.41, 5.74) is 0. The molecule has 0 aromatic rings. The first-order chi connectivity index (χ1) is 5.31. The van der Waals surface area contributed by atoms with Gasteiger partial charge in [-0.05, 0) is 0 Å². The van der Waals surface area contributed by atoms with E-state index >= 15 is 0 Å². The van der Waals surface area contributed by atoms with Crippen LogP contribution in [-0.2, 0) is 18.7 Å². The molecule has 4 nitrogen and oxygen atoms in total. The van der Waals surface area contributed by atoms with Crippen molar-refractivity contribution < 1.29 is 18.7 Å². The summed E-state index contributed by atoms with van der Waals surface area (Å²) < 4.78 is 28.5. The van der Waals surface area contributed by atoms with Crippen molar-refractivity contribution in [3.63, 3.8) is 0 Å². The van der Waals surface area contributed by atoms with Crippen LogP contribution in [0.2, 0.25) is 0 Å². The minimum atomic E-state index is -0.0947. The van der Waals surface area contributed by atoms with Crippen LogP contribution in [-0.4, -0.2) is 27.4 Å². The van der Waals surface area contributed by atoms with E-state index in [2.05, 4.69) is 9.31 Å². The first kappa shape index (κ1) is 10.3. The van der Waals surface area contributed by atoms with E-state index in [-0.39, 0.29) is 6.10 Å². The van der Waals surface area contributed by atoms with E-state index in [1.165, 1.54) is 0 Å². The molecule has 0 spiro atoms. The Labute approximate surface area is 66.8 Å². The third-order valence-electron chi connectivity index (χ3n) is 1.23. The van der Waals surface area contributed by atoms with E-state index in [1.807, 2.05) is 0 Å². The van der Waals surface area contributed by atoms with Crippen molar-refractivity contribution in [2.75, 3.05) is 6.61 Å². The van der Waals surface area contributed by atoms with E-state index in [4.69, 9.17) is 0 Å². The second-order valence-electron chi connectivity index (χ2n) is 2.15. The fourth-order valence-corrected chi connectivity index (χ4v) is 0.665. The Balaban J connectivity index is 3.09. The van der Waals surface area contributed by atoms with Crippen LogP contribution in [0.1, 0.15) is 19.8 Å². The molecule has 0 aromatic heterocycles. The standard InChI is InChI=1S/C5H10B2O4/c1-5(11-7-9)3-2-4-10-6-8/h5H,2-4H2,1H3.